The van der Waals surface area contributed by atoms with Crippen LogP contribution in [0.2, 0.25) is 0 Å². The summed E-state index contributed by atoms with van der Waals surface area (Å²) < 4.78 is 51.2. The maximum absolute atomic E-state index is 13.2. The van der Waals surface area contributed by atoms with Gasteiger partial charge in [-0.1, -0.05) is 6.07 Å². The summed E-state index contributed by atoms with van der Waals surface area (Å²) in [6.07, 6.45) is -3.22. The molecule has 1 saturated heterocycles. The highest BCUT2D eigenvalue weighted by Gasteiger charge is 2.32. The average molecular weight is 393 g/mol. The fraction of sp³-hybridized carbons (Fsp3) is 0.333. The van der Waals surface area contributed by atoms with Crippen LogP contribution in [0.15, 0.2) is 30.6 Å². The van der Waals surface area contributed by atoms with E-state index in [-0.39, 0.29) is 31.0 Å². The topological polar surface area (TPSA) is 90.7 Å². The summed E-state index contributed by atoms with van der Waals surface area (Å²) in [5.41, 5.74) is 0.195. The zero-order chi connectivity index (χ0) is 20.3. The maximum Gasteiger partial charge on any atom is 0.433 e. The van der Waals surface area contributed by atoms with Crippen molar-refractivity contribution in [3.8, 4) is 17.2 Å². The number of halogens is 4. The molecule has 0 spiro atoms. The van der Waals surface area contributed by atoms with Crippen molar-refractivity contribution in [3.05, 3.63) is 47.5 Å². The van der Waals surface area contributed by atoms with Gasteiger partial charge >= 0.3 is 6.18 Å². The third kappa shape index (κ3) is 4.43. The summed E-state index contributed by atoms with van der Waals surface area (Å²) >= 11 is 0. The molecule has 1 aliphatic heterocycles. The van der Waals surface area contributed by atoms with Crippen LogP contribution in [-0.4, -0.2) is 34.6 Å². The van der Waals surface area contributed by atoms with E-state index >= 15 is 0 Å². The quantitative estimate of drug-likeness (QED) is 0.779. The highest BCUT2D eigenvalue weighted by molar-refractivity contribution is 5.82. The molecular weight excluding hydrogens is 378 g/mol. The number of hydrogen-bond donors (Lipinski definition) is 2. The Labute approximate surface area is 157 Å². The molecule has 2 aromatic rings. The highest BCUT2D eigenvalue weighted by atomic mass is 19.4. The first-order chi connectivity index (χ1) is 13.3. The molecule has 3 heterocycles. The summed E-state index contributed by atoms with van der Waals surface area (Å²) in [5, 5.41) is 14.6. The zero-order valence-electron chi connectivity index (χ0n) is 14.4. The van der Waals surface area contributed by atoms with Gasteiger partial charge in [0.05, 0.1) is 23.8 Å². The number of nitrogens with zero attached hydrogens (tertiary/aromatic N) is 3. The third-order valence-electron chi connectivity index (χ3n) is 4.28. The summed E-state index contributed by atoms with van der Waals surface area (Å²) in [6, 6.07) is 4.86. The van der Waals surface area contributed by atoms with Crippen LogP contribution in [0.3, 0.4) is 0 Å². The lowest BCUT2D eigenvalue weighted by atomic mass is 10.0. The highest BCUT2D eigenvalue weighted by Crippen LogP contribution is 2.30. The second kappa shape index (κ2) is 7.90. The third-order valence-corrected chi connectivity index (χ3v) is 4.28. The van der Waals surface area contributed by atoms with E-state index < -0.39 is 24.1 Å². The minimum atomic E-state index is -4.56. The fourth-order valence-electron chi connectivity index (χ4n) is 2.84. The molecule has 1 unspecified atom stereocenters. The van der Waals surface area contributed by atoms with Crippen molar-refractivity contribution in [2.45, 2.75) is 31.4 Å². The summed E-state index contributed by atoms with van der Waals surface area (Å²) in [7, 11) is 0. The van der Waals surface area contributed by atoms with Gasteiger partial charge in [0.25, 0.3) is 0 Å². The molecule has 0 aromatic carbocycles. The summed E-state index contributed by atoms with van der Waals surface area (Å²) in [6.45, 7) is 0.152. The number of carbonyl (C=O) groups is 1. The minimum absolute atomic E-state index is 0.0285. The van der Waals surface area contributed by atoms with Gasteiger partial charge in [-0.25, -0.2) is 4.39 Å². The van der Waals surface area contributed by atoms with Gasteiger partial charge in [0.15, 0.2) is 0 Å². The van der Waals surface area contributed by atoms with E-state index in [1.54, 1.807) is 0 Å². The van der Waals surface area contributed by atoms with Gasteiger partial charge in [-0.05, 0) is 12.1 Å². The van der Waals surface area contributed by atoms with Crippen LogP contribution in [-0.2, 0) is 17.5 Å². The van der Waals surface area contributed by atoms with Crippen LogP contribution in [0.4, 0.5) is 17.6 Å². The lowest BCUT2D eigenvalue weighted by Gasteiger charge is -2.12. The number of pyridine rings is 2. The molecule has 0 saturated carbocycles. The fourth-order valence-corrected chi connectivity index (χ4v) is 2.84. The van der Waals surface area contributed by atoms with Gasteiger partial charge < -0.3 is 10.6 Å². The van der Waals surface area contributed by atoms with Crippen LogP contribution in [0, 0.1) is 11.3 Å². The molecule has 2 atom stereocenters. The van der Waals surface area contributed by atoms with Crippen LogP contribution in [0.5, 0.6) is 0 Å². The van der Waals surface area contributed by atoms with E-state index in [2.05, 4.69) is 20.6 Å². The van der Waals surface area contributed by atoms with Crippen LogP contribution in [0.25, 0.3) is 11.1 Å². The van der Waals surface area contributed by atoms with Crippen LogP contribution < -0.4 is 10.6 Å². The van der Waals surface area contributed by atoms with Crippen molar-refractivity contribution in [1.82, 2.24) is 20.6 Å². The van der Waals surface area contributed by atoms with Crippen molar-refractivity contribution in [2.24, 2.45) is 0 Å². The van der Waals surface area contributed by atoms with Crippen molar-refractivity contribution >= 4 is 5.91 Å². The van der Waals surface area contributed by atoms with Gasteiger partial charge in [0, 0.05) is 36.5 Å². The number of alkyl halides is 4. The van der Waals surface area contributed by atoms with Gasteiger partial charge in [-0.15, -0.1) is 0 Å². The number of aromatic nitrogens is 2. The largest absolute Gasteiger partial charge is 0.433 e. The molecule has 2 aromatic heterocycles. The molecule has 146 valence electrons. The molecule has 0 aliphatic carbocycles. The predicted octanol–water partition coefficient (Wildman–Crippen LogP) is 2.35. The molecule has 1 aliphatic rings. The van der Waals surface area contributed by atoms with E-state index in [1.807, 2.05) is 6.07 Å². The van der Waals surface area contributed by atoms with Crippen molar-refractivity contribution in [1.29, 1.82) is 5.26 Å². The molecule has 0 bridgehead atoms. The van der Waals surface area contributed by atoms with E-state index in [0.29, 0.717) is 16.8 Å². The Morgan fingerprint density at radius 1 is 1.32 bits per heavy atom. The standard InChI is InChI=1S/C18H15F4N5O/c19-12-3-15(25-8-12)17(28)27-9-13-4-14(11(5-23)7-24-13)10-1-2-16(26-6-10)18(20,21)22/h1-2,4,6-7,12,15,25H,3,8-9H2,(H,27,28)/t12-,15?/m1/s1. The Morgan fingerprint density at radius 2 is 2.11 bits per heavy atom. The SMILES string of the molecule is N#Cc1cnc(CNC(=O)C2C[C@@H](F)CN2)cc1-c1ccc(C(F)(F)F)nc1. The van der Waals surface area contributed by atoms with E-state index in [0.717, 1.165) is 12.3 Å². The molecular formula is C18H15F4N5O. The lowest BCUT2D eigenvalue weighted by molar-refractivity contribution is -0.141. The average Bonchev–Trinajstić information content (AvgIpc) is 3.12. The first kappa shape index (κ1) is 19.7. The number of carbonyl (C=O) groups excluding carboxylic acids is 1. The summed E-state index contributed by atoms with van der Waals surface area (Å²) in [5.74, 6) is -0.371. The Kier molecular flexibility index (Phi) is 5.56. The minimum Gasteiger partial charge on any atom is -0.349 e. The second-order valence-electron chi connectivity index (χ2n) is 6.27. The number of rotatable bonds is 4. The van der Waals surface area contributed by atoms with Gasteiger partial charge in [-0.2, -0.15) is 18.4 Å². The van der Waals surface area contributed by atoms with Crippen molar-refractivity contribution in [3.63, 3.8) is 0 Å². The molecule has 1 amide bonds. The van der Waals surface area contributed by atoms with E-state index in [9.17, 15) is 27.6 Å². The molecule has 1 fully saturated rings. The van der Waals surface area contributed by atoms with E-state index in [4.69, 9.17) is 0 Å². The smallest absolute Gasteiger partial charge is 0.349 e. The van der Waals surface area contributed by atoms with E-state index in [1.165, 1.54) is 18.3 Å². The van der Waals surface area contributed by atoms with Gasteiger partial charge in [0.1, 0.15) is 17.9 Å². The second-order valence-corrected chi connectivity index (χ2v) is 6.27. The van der Waals surface area contributed by atoms with Gasteiger partial charge in [0.2, 0.25) is 5.91 Å². The molecule has 28 heavy (non-hydrogen) atoms. The molecule has 0 radical (unpaired) electrons. The molecule has 3 rings (SSSR count). The van der Waals surface area contributed by atoms with Gasteiger partial charge in [-0.3, -0.25) is 14.8 Å². The predicted molar refractivity (Wildman–Crippen MR) is 90.3 cm³/mol. The summed E-state index contributed by atoms with van der Waals surface area (Å²) in [4.78, 5) is 19.5. The van der Waals surface area contributed by atoms with Crippen LogP contribution in [0.1, 0.15) is 23.4 Å². The molecule has 6 nitrogen and oxygen atoms in total. The Morgan fingerprint density at radius 3 is 2.68 bits per heavy atom. The molecule has 10 heteroatoms. The first-order valence-corrected chi connectivity index (χ1v) is 8.35. The Hall–Kier alpha value is -3.06. The molecule has 2 N–H and O–H groups in total. The first-order valence-electron chi connectivity index (χ1n) is 8.35. The monoisotopic (exact) mass is 393 g/mol. The number of nitrogens with one attached hydrogen (secondary N) is 2. The van der Waals surface area contributed by atoms with Crippen LogP contribution >= 0.6 is 0 Å². The van der Waals surface area contributed by atoms with Crippen molar-refractivity contribution < 1.29 is 22.4 Å². The zero-order valence-corrected chi connectivity index (χ0v) is 14.4. The lowest BCUT2D eigenvalue weighted by Crippen LogP contribution is -2.40. The van der Waals surface area contributed by atoms with Crippen molar-refractivity contribution in [2.75, 3.05) is 6.54 Å². The Balaban J connectivity index is 1.77. The Bertz CT molecular complexity index is 908. The normalized spacial score (nSPS) is 19.2. The number of amides is 1. The maximum atomic E-state index is 13.2. The number of nitriles is 1. The number of hydrogen-bond acceptors (Lipinski definition) is 5.